The Labute approximate surface area is 195 Å². The summed E-state index contributed by atoms with van der Waals surface area (Å²) in [7, 11) is 1.61. The average Bonchev–Trinajstić information content (AvgIpc) is 3.48. The monoisotopic (exact) mass is 465 g/mol. The highest BCUT2D eigenvalue weighted by Crippen LogP contribution is 2.30. The quantitative estimate of drug-likeness (QED) is 0.486. The van der Waals surface area contributed by atoms with E-state index in [0.29, 0.717) is 41.0 Å². The van der Waals surface area contributed by atoms with Gasteiger partial charge in [-0.2, -0.15) is 5.10 Å². The number of benzene rings is 1. The molecule has 9 nitrogen and oxygen atoms in total. The Bertz CT molecular complexity index is 1290. The number of amides is 1. The first-order valence-corrected chi connectivity index (χ1v) is 11.1. The van der Waals surface area contributed by atoms with Crippen LogP contribution in [0.15, 0.2) is 48.9 Å². The molecule has 1 saturated heterocycles. The van der Waals surface area contributed by atoms with Crippen LogP contribution in [-0.4, -0.2) is 68.3 Å². The van der Waals surface area contributed by atoms with E-state index in [1.54, 1.807) is 30.4 Å². The lowest BCUT2D eigenvalue weighted by Crippen LogP contribution is -2.54. The van der Waals surface area contributed by atoms with E-state index in [-0.39, 0.29) is 18.5 Å². The number of anilines is 1. The number of ether oxygens (including phenoxy) is 1. The van der Waals surface area contributed by atoms with E-state index in [1.165, 1.54) is 0 Å². The third-order valence-electron chi connectivity index (χ3n) is 5.96. The number of piperazine rings is 1. The molecule has 1 amide bonds. The molecule has 1 aliphatic heterocycles. The van der Waals surface area contributed by atoms with Crippen molar-refractivity contribution in [1.82, 2.24) is 29.6 Å². The maximum Gasteiger partial charge on any atom is 0.244 e. The van der Waals surface area contributed by atoms with Gasteiger partial charge in [-0.3, -0.25) is 4.79 Å². The van der Waals surface area contributed by atoms with Crippen molar-refractivity contribution in [3.05, 3.63) is 53.9 Å². The molecule has 1 atom stereocenters. The maximum atomic E-state index is 13.3. The molecule has 5 rings (SSSR count). The van der Waals surface area contributed by atoms with Crippen molar-refractivity contribution in [3.63, 3.8) is 0 Å². The summed E-state index contributed by atoms with van der Waals surface area (Å²) in [6.45, 7) is 4.23. The summed E-state index contributed by atoms with van der Waals surface area (Å²) in [5.41, 5.74) is 2.38. The number of fused-ring (bicyclic) bond motifs is 1. The fraction of sp³-hybridized carbons (Fsp3) is 0.304. The number of hydrogen-bond donors (Lipinski definition) is 1. The van der Waals surface area contributed by atoms with Crippen LogP contribution < -0.4 is 9.64 Å². The van der Waals surface area contributed by atoms with Crippen molar-refractivity contribution in [2.24, 2.45) is 0 Å². The van der Waals surface area contributed by atoms with Gasteiger partial charge >= 0.3 is 0 Å². The second-order valence-electron chi connectivity index (χ2n) is 8.02. The summed E-state index contributed by atoms with van der Waals surface area (Å²) in [4.78, 5) is 29.3. The first-order valence-electron chi connectivity index (χ1n) is 10.7. The minimum atomic E-state index is 0.0110. The van der Waals surface area contributed by atoms with Gasteiger partial charge in [-0.15, -0.1) is 0 Å². The molecule has 33 heavy (non-hydrogen) atoms. The lowest BCUT2D eigenvalue weighted by molar-refractivity contribution is -0.134. The van der Waals surface area contributed by atoms with Crippen molar-refractivity contribution in [1.29, 1.82) is 0 Å². The number of methoxy groups -OCH3 is 1. The summed E-state index contributed by atoms with van der Waals surface area (Å²) >= 11 is 6.17. The first-order chi connectivity index (χ1) is 16.0. The second-order valence-corrected chi connectivity index (χ2v) is 8.43. The number of nitrogens with zero attached hydrogens (tertiary/aromatic N) is 6. The van der Waals surface area contributed by atoms with Gasteiger partial charge in [-0.05, 0) is 31.2 Å². The van der Waals surface area contributed by atoms with Gasteiger partial charge in [0.05, 0.1) is 17.5 Å². The molecule has 4 heterocycles. The van der Waals surface area contributed by atoms with Gasteiger partial charge in [0, 0.05) is 56.0 Å². The standard InChI is InChI=1S/C23H24ClN7O2/c1-15-13-29(16-5-6-18(24)19(12-16)33-2)10-11-30(15)20(32)14-31-23-17(4-3-7-27-23)21(28-31)22-25-8-9-26-22/h3-9,12,15H,10-11,13-14H2,1-2H3,(H,25,26)/t15-/m1/s1. The summed E-state index contributed by atoms with van der Waals surface area (Å²) in [6, 6.07) is 9.58. The number of aromatic nitrogens is 5. The Morgan fingerprint density at radius 3 is 2.88 bits per heavy atom. The van der Waals surface area contributed by atoms with Gasteiger partial charge in [0.15, 0.2) is 11.5 Å². The molecule has 170 valence electrons. The van der Waals surface area contributed by atoms with E-state index < -0.39 is 0 Å². The molecule has 0 bridgehead atoms. The van der Waals surface area contributed by atoms with Crippen molar-refractivity contribution in [2.45, 2.75) is 19.5 Å². The zero-order valence-electron chi connectivity index (χ0n) is 18.4. The Balaban J connectivity index is 1.33. The van der Waals surface area contributed by atoms with Crippen LogP contribution in [-0.2, 0) is 11.3 Å². The number of H-pyrrole nitrogens is 1. The SMILES string of the molecule is COc1cc(N2CCN(C(=O)Cn3nc(-c4ncc[nH]4)c4cccnc43)[C@H](C)C2)ccc1Cl. The van der Waals surface area contributed by atoms with Crippen LogP contribution in [0, 0.1) is 0 Å². The molecule has 1 fully saturated rings. The third-order valence-corrected chi connectivity index (χ3v) is 6.27. The predicted molar refractivity (Wildman–Crippen MR) is 127 cm³/mol. The van der Waals surface area contributed by atoms with Crippen LogP contribution in [0.1, 0.15) is 6.92 Å². The lowest BCUT2D eigenvalue weighted by atomic mass is 10.1. The van der Waals surface area contributed by atoms with Crippen LogP contribution in [0.25, 0.3) is 22.6 Å². The van der Waals surface area contributed by atoms with E-state index in [9.17, 15) is 4.79 Å². The van der Waals surface area contributed by atoms with E-state index >= 15 is 0 Å². The first kappa shape index (κ1) is 21.3. The maximum absolute atomic E-state index is 13.3. The van der Waals surface area contributed by atoms with Crippen LogP contribution in [0.4, 0.5) is 5.69 Å². The van der Waals surface area contributed by atoms with Crippen molar-refractivity contribution >= 4 is 34.2 Å². The number of imidazole rings is 1. The molecule has 0 spiro atoms. The zero-order valence-corrected chi connectivity index (χ0v) is 19.2. The summed E-state index contributed by atoms with van der Waals surface area (Å²) in [5.74, 6) is 1.31. The van der Waals surface area contributed by atoms with Crippen LogP contribution in [0.5, 0.6) is 5.75 Å². The summed E-state index contributed by atoms with van der Waals surface area (Å²) in [6.07, 6.45) is 5.14. The Morgan fingerprint density at radius 2 is 2.12 bits per heavy atom. The number of rotatable bonds is 5. The lowest BCUT2D eigenvalue weighted by Gasteiger charge is -2.41. The number of pyridine rings is 1. The summed E-state index contributed by atoms with van der Waals surface area (Å²) < 4.78 is 7.01. The van der Waals surface area contributed by atoms with Crippen molar-refractivity contribution < 1.29 is 9.53 Å². The minimum Gasteiger partial charge on any atom is -0.495 e. The van der Waals surface area contributed by atoms with Crippen molar-refractivity contribution in [2.75, 3.05) is 31.6 Å². The molecular formula is C23H24ClN7O2. The molecule has 0 unspecified atom stereocenters. The van der Waals surface area contributed by atoms with Gasteiger partial charge in [0.1, 0.15) is 18.0 Å². The number of nitrogens with one attached hydrogen (secondary N) is 1. The molecular weight excluding hydrogens is 442 g/mol. The number of carbonyl (C=O) groups is 1. The van der Waals surface area contributed by atoms with Crippen LogP contribution in [0.3, 0.4) is 0 Å². The summed E-state index contributed by atoms with van der Waals surface area (Å²) in [5, 5.41) is 6.09. The van der Waals surface area contributed by atoms with Gasteiger partial charge in [0.25, 0.3) is 0 Å². The van der Waals surface area contributed by atoms with E-state index in [2.05, 4.69) is 31.9 Å². The van der Waals surface area contributed by atoms with E-state index in [4.69, 9.17) is 16.3 Å². The number of hydrogen-bond acceptors (Lipinski definition) is 6. The molecule has 10 heteroatoms. The van der Waals surface area contributed by atoms with Gasteiger partial charge < -0.3 is 19.5 Å². The number of carbonyl (C=O) groups excluding carboxylic acids is 1. The zero-order chi connectivity index (χ0) is 22.9. The average molecular weight is 466 g/mol. The number of halogens is 1. The largest absolute Gasteiger partial charge is 0.495 e. The molecule has 1 aliphatic rings. The normalized spacial score (nSPS) is 16.4. The highest BCUT2D eigenvalue weighted by Gasteiger charge is 2.29. The third kappa shape index (κ3) is 4.00. The molecule has 1 aromatic carbocycles. The Kier molecular flexibility index (Phi) is 5.63. The van der Waals surface area contributed by atoms with Crippen LogP contribution >= 0.6 is 11.6 Å². The van der Waals surface area contributed by atoms with E-state index in [0.717, 1.165) is 17.6 Å². The fourth-order valence-electron chi connectivity index (χ4n) is 4.32. The Hall–Kier alpha value is -3.59. The van der Waals surface area contributed by atoms with Gasteiger partial charge in [-0.1, -0.05) is 11.6 Å². The van der Waals surface area contributed by atoms with Crippen molar-refractivity contribution in [3.8, 4) is 17.3 Å². The van der Waals surface area contributed by atoms with Gasteiger partial charge in [0.2, 0.25) is 5.91 Å². The topological polar surface area (TPSA) is 92.2 Å². The highest BCUT2D eigenvalue weighted by atomic mass is 35.5. The molecule has 0 saturated carbocycles. The highest BCUT2D eigenvalue weighted by molar-refractivity contribution is 6.32. The number of aromatic amines is 1. The fourth-order valence-corrected chi connectivity index (χ4v) is 4.51. The van der Waals surface area contributed by atoms with Crippen LogP contribution in [0.2, 0.25) is 5.02 Å². The van der Waals surface area contributed by atoms with Gasteiger partial charge in [-0.25, -0.2) is 14.6 Å². The molecule has 3 aromatic heterocycles. The molecule has 1 N–H and O–H groups in total. The molecule has 4 aromatic rings. The molecule has 0 aliphatic carbocycles. The predicted octanol–water partition coefficient (Wildman–Crippen LogP) is 3.22. The molecule has 0 radical (unpaired) electrons. The van der Waals surface area contributed by atoms with E-state index in [1.807, 2.05) is 35.2 Å². The minimum absolute atomic E-state index is 0.0110. The Morgan fingerprint density at radius 1 is 1.24 bits per heavy atom. The smallest absolute Gasteiger partial charge is 0.244 e. The second kappa shape index (κ2) is 8.74.